The van der Waals surface area contributed by atoms with Crippen molar-refractivity contribution in [1.29, 1.82) is 0 Å². The molecule has 0 aromatic heterocycles. The SMILES string of the molecule is O=C1[C@@H]2[C@H]3CC[C@@H](C3)[C@H]2C(=O)N1c1ccc(O)cc1. The van der Waals surface area contributed by atoms with E-state index in [1.165, 1.54) is 17.0 Å². The lowest BCUT2D eigenvalue weighted by atomic mass is 9.81. The lowest BCUT2D eigenvalue weighted by Crippen LogP contribution is -2.32. The number of carbonyl (C=O) groups is 2. The highest BCUT2D eigenvalue weighted by Gasteiger charge is 2.61. The van der Waals surface area contributed by atoms with Gasteiger partial charge in [0.1, 0.15) is 5.75 Å². The summed E-state index contributed by atoms with van der Waals surface area (Å²) < 4.78 is 0. The van der Waals surface area contributed by atoms with Gasteiger partial charge in [0.15, 0.2) is 0 Å². The van der Waals surface area contributed by atoms with Crippen molar-refractivity contribution in [3.8, 4) is 5.75 Å². The zero-order valence-electron chi connectivity index (χ0n) is 10.5. The summed E-state index contributed by atoms with van der Waals surface area (Å²) in [5.74, 6) is 0.728. The molecule has 1 aromatic carbocycles. The van der Waals surface area contributed by atoms with Crippen LogP contribution in [0.5, 0.6) is 5.75 Å². The second-order valence-electron chi connectivity index (χ2n) is 5.91. The predicted molar refractivity (Wildman–Crippen MR) is 68.4 cm³/mol. The number of aromatic hydroxyl groups is 1. The van der Waals surface area contributed by atoms with Gasteiger partial charge in [0.05, 0.1) is 17.5 Å². The average Bonchev–Trinajstić information content (AvgIpc) is 3.06. The Bertz CT molecular complexity index is 537. The molecule has 1 N–H and O–H groups in total. The van der Waals surface area contributed by atoms with Crippen LogP contribution < -0.4 is 4.90 Å². The standard InChI is InChI=1S/C15H15NO3/c17-11-5-3-10(4-6-11)16-14(18)12-8-1-2-9(7-8)13(12)15(16)19/h3-6,8-9,12-13,17H,1-2,7H2/t8-,9-,12+,13+/m0/s1. The van der Waals surface area contributed by atoms with E-state index in [0.717, 1.165) is 19.3 Å². The van der Waals surface area contributed by atoms with E-state index < -0.39 is 0 Å². The van der Waals surface area contributed by atoms with Gasteiger partial charge in [-0.05, 0) is 55.4 Å². The zero-order valence-corrected chi connectivity index (χ0v) is 10.5. The molecule has 4 rings (SSSR count). The number of hydrogen-bond donors (Lipinski definition) is 1. The number of hydrogen-bond acceptors (Lipinski definition) is 3. The Hall–Kier alpha value is -1.84. The zero-order chi connectivity index (χ0) is 13.1. The number of phenolic OH excluding ortho intramolecular Hbond substituents is 1. The monoisotopic (exact) mass is 257 g/mol. The molecule has 4 atom stereocenters. The van der Waals surface area contributed by atoms with Crippen LogP contribution in [0.2, 0.25) is 0 Å². The number of benzene rings is 1. The van der Waals surface area contributed by atoms with Crippen molar-refractivity contribution in [2.75, 3.05) is 4.90 Å². The number of rotatable bonds is 1. The van der Waals surface area contributed by atoms with Crippen LogP contribution in [0.4, 0.5) is 5.69 Å². The van der Waals surface area contributed by atoms with Gasteiger partial charge < -0.3 is 5.11 Å². The molecule has 19 heavy (non-hydrogen) atoms. The van der Waals surface area contributed by atoms with E-state index in [1.807, 2.05) is 0 Å². The van der Waals surface area contributed by atoms with Gasteiger partial charge >= 0.3 is 0 Å². The molecule has 1 aliphatic heterocycles. The number of phenols is 1. The molecular formula is C15H15NO3. The first-order valence-electron chi connectivity index (χ1n) is 6.83. The summed E-state index contributed by atoms with van der Waals surface area (Å²) in [5, 5.41) is 9.30. The molecule has 4 nitrogen and oxygen atoms in total. The van der Waals surface area contributed by atoms with Gasteiger partial charge in [-0.25, -0.2) is 0 Å². The van der Waals surface area contributed by atoms with Gasteiger partial charge in [0, 0.05) is 0 Å². The highest BCUT2D eigenvalue weighted by Crippen LogP contribution is 2.56. The van der Waals surface area contributed by atoms with Crippen molar-refractivity contribution in [2.45, 2.75) is 19.3 Å². The van der Waals surface area contributed by atoms with Gasteiger partial charge in [0.25, 0.3) is 0 Å². The first kappa shape index (κ1) is 11.0. The minimum atomic E-state index is -0.0833. The van der Waals surface area contributed by atoms with E-state index in [0.29, 0.717) is 17.5 Å². The van der Waals surface area contributed by atoms with Crippen LogP contribution in [-0.2, 0) is 9.59 Å². The molecule has 2 amide bonds. The first-order chi connectivity index (χ1) is 9.16. The van der Waals surface area contributed by atoms with Gasteiger partial charge in [-0.2, -0.15) is 0 Å². The lowest BCUT2D eigenvalue weighted by molar-refractivity contribution is -0.123. The van der Waals surface area contributed by atoms with Crippen LogP contribution in [0.1, 0.15) is 19.3 Å². The Labute approximate surface area is 111 Å². The van der Waals surface area contributed by atoms with E-state index in [4.69, 9.17) is 0 Å². The molecule has 98 valence electrons. The molecule has 2 saturated carbocycles. The molecule has 3 aliphatic rings. The maximum absolute atomic E-state index is 12.5. The van der Waals surface area contributed by atoms with Crippen molar-refractivity contribution >= 4 is 17.5 Å². The molecule has 0 radical (unpaired) electrons. The van der Waals surface area contributed by atoms with Crippen molar-refractivity contribution in [2.24, 2.45) is 23.7 Å². The van der Waals surface area contributed by atoms with Gasteiger partial charge in [-0.15, -0.1) is 0 Å². The Balaban J connectivity index is 1.73. The fourth-order valence-electron chi connectivity index (χ4n) is 4.26. The normalized spacial score (nSPS) is 36.1. The van der Waals surface area contributed by atoms with Gasteiger partial charge in [-0.1, -0.05) is 0 Å². The predicted octanol–water partition coefficient (Wildman–Crippen LogP) is 1.93. The molecule has 2 bridgehead atoms. The van der Waals surface area contributed by atoms with Crippen LogP contribution in [-0.4, -0.2) is 16.9 Å². The van der Waals surface area contributed by atoms with E-state index in [1.54, 1.807) is 12.1 Å². The van der Waals surface area contributed by atoms with Crippen LogP contribution >= 0.6 is 0 Å². The summed E-state index contributed by atoms with van der Waals surface area (Å²) in [5.41, 5.74) is 0.585. The molecule has 3 fully saturated rings. The third-order valence-corrected chi connectivity index (χ3v) is 5.04. The molecular weight excluding hydrogens is 242 g/mol. The van der Waals surface area contributed by atoms with Crippen molar-refractivity contribution in [3.63, 3.8) is 0 Å². The number of amides is 2. The number of nitrogens with zero attached hydrogens (tertiary/aromatic N) is 1. The summed E-state index contributed by atoms with van der Waals surface area (Å²) in [6.45, 7) is 0. The molecule has 1 heterocycles. The number of fused-ring (bicyclic) bond motifs is 5. The number of imide groups is 1. The molecule has 1 aromatic rings. The van der Waals surface area contributed by atoms with Crippen molar-refractivity contribution < 1.29 is 14.7 Å². The lowest BCUT2D eigenvalue weighted by Gasteiger charge is -2.19. The number of anilines is 1. The third kappa shape index (κ3) is 1.34. The summed E-state index contributed by atoms with van der Waals surface area (Å²) in [6, 6.07) is 6.29. The van der Waals surface area contributed by atoms with Gasteiger partial charge in [0.2, 0.25) is 11.8 Å². The molecule has 1 saturated heterocycles. The van der Waals surface area contributed by atoms with Crippen molar-refractivity contribution in [1.82, 2.24) is 0 Å². The van der Waals surface area contributed by atoms with E-state index in [-0.39, 0.29) is 29.4 Å². The van der Waals surface area contributed by atoms with Gasteiger partial charge in [-0.3, -0.25) is 14.5 Å². The smallest absolute Gasteiger partial charge is 0.237 e. The van der Waals surface area contributed by atoms with Crippen LogP contribution in [0.3, 0.4) is 0 Å². The highest BCUT2D eigenvalue weighted by molar-refractivity contribution is 6.22. The fourth-order valence-corrected chi connectivity index (χ4v) is 4.26. The van der Waals surface area contributed by atoms with E-state index in [9.17, 15) is 14.7 Å². The summed E-state index contributed by atoms with van der Waals surface area (Å²) >= 11 is 0. The van der Waals surface area contributed by atoms with E-state index in [2.05, 4.69) is 0 Å². The highest BCUT2D eigenvalue weighted by atomic mass is 16.3. The van der Waals surface area contributed by atoms with Crippen LogP contribution in [0.25, 0.3) is 0 Å². The largest absolute Gasteiger partial charge is 0.508 e. The summed E-state index contributed by atoms with van der Waals surface area (Å²) in [4.78, 5) is 26.4. The maximum atomic E-state index is 12.5. The van der Waals surface area contributed by atoms with Crippen LogP contribution in [0, 0.1) is 23.7 Å². The molecule has 2 aliphatic carbocycles. The third-order valence-electron chi connectivity index (χ3n) is 5.04. The Morgan fingerprint density at radius 2 is 1.47 bits per heavy atom. The Morgan fingerprint density at radius 1 is 0.947 bits per heavy atom. The maximum Gasteiger partial charge on any atom is 0.237 e. The second kappa shape index (κ2) is 3.59. The van der Waals surface area contributed by atoms with Crippen molar-refractivity contribution in [3.05, 3.63) is 24.3 Å². The Morgan fingerprint density at radius 3 is 2.00 bits per heavy atom. The van der Waals surface area contributed by atoms with E-state index >= 15 is 0 Å². The topological polar surface area (TPSA) is 57.6 Å². The Kier molecular flexibility index (Phi) is 2.08. The number of carbonyl (C=O) groups excluding carboxylic acids is 2. The summed E-state index contributed by atoms with van der Waals surface area (Å²) in [7, 11) is 0. The molecule has 0 spiro atoms. The van der Waals surface area contributed by atoms with Crippen LogP contribution in [0.15, 0.2) is 24.3 Å². The summed E-state index contributed by atoms with van der Waals surface area (Å²) in [6.07, 6.45) is 3.23. The molecule has 4 heteroatoms. The minimum absolute atomic E-state index is 0.0344. The quantitative estimate of drug-likeness (QED) is 0.782. The minimum Gasteiger partial charge on any atom is -0.508 e. The first-order valence-corrected chi connectivity index (χ1v) is 6.83. The average molecular weight is 257 g/mol. The second-order valence-corrected chi connectivity index (χ2v) is 5.91. The fraction of sp³-hybridized carbons (Fsp3) is 0.467. The molecule has 0 unspecified atom stereocenters.